The van der Waals surface area contributed by atoms with Crippen molar-refractivity contribution < 1.29 is 20.1 Å². The number of thioether (sulfide) groups is 1. The van der Waals surface area contributed by atoms with Crippen LogP contribution in [0, 0.1) is 0 Å². The second-order valence-corrected chi connectivity index (χ2v) is 6.24. The number of hydrogen-bond acceptors (Lipinski definition) is 6. The Labute approximate surface area is 132 Å². The second kappa shape index (κ2) is 6.66. The topological polar surface area (TPSA) is 82.8 Å². The molecule has 0 bridgehead atoms. The fraction of sp³-hybridized carbons (Fsp3) is 0.312. The van der Waals surface area contributed by atoms with Crippen LogP contribution in [0.2, 0.25) is 0 Å². The molecule has 1 aromatic carbocycles. The Bertz CT molecular complexity index is 625. The Balaban J connectivity index is 1.76. The van der Waals surface area contributed by atoms with Crippen LogP contribution < -0.4 is 4.74 Å². The van der Waals surface area contributed by atoms with Crippen molar-refractivity contribution in [3.8, 4) is 17.0 Å². The van der Waals surface area contributed by atoms with Crippen LogP contribution in [0.1, 0.15) is 0 Å². The van der Waals surface area contributed by atoms with Crippen LogP contribution in [0.25, 0.3) is 11.3 Å². The summed E-state index contributed by atoms with van der Waals surface area (Å²) in [5, 5.41) is 29.2. The van der Waals surface area contributed by atoms with Crippen LogP contribution in [0.5, 0.6) is 5.75 Å². The minimum Gasteiger partial charge on any atom is -0.477 e. The monoisotopic (exact) mass is 319 g/mol. The third kappa shape index (κ3) is 3.25. The highest BCUT2D eigenvalue weighted by molar-refractivity contribution is 7.99. The maximum absolute atomic E-state index is 9.99. The fourth-order valence-electron chi connectivity index (χ4n) is 2.28. The first-order valence-electron chi connectivity index (χ1n) is 6.99. The van der Waals surface area contributed by atoms with Gasteiger partial charge in [-0.2, -0.15) is 0 Å². The maximum atomic E-state index is 9.99. The molecule has 5 nitrogen and oxygen atoms in total. The summed E-state index contributed by atoms with van der Waals surface area (Å²) in [6.45, 7) is 0. The van der Waals surface area contributed by atoms with E-state index in [1.807, 2.05) is 36.4 Å². The van der Waals surface area contributed by atoms with E-state index in [4.69, 9.17) is 4.74 Å². The van der Waals surface area contributed by atoms with Crippen LogP contribution in [0.15, 0.2) is 48.7 Å². The van der Waals surface area contributed by atoms with Crippen LogP contribution in [0.4, 0.5) is 0 Å². The van der Waals surface area contributed by atoms with E-state index in [2.05, 4.69) is 4.98 Å². The third-order valence-electron chi connectivity index (χ3n) is 3.50. The smallest absolute Gasteiger partial charge is 0.173 e. The lowest BCUT2D eigenvalue weighted by Crippen LogP contribution is -2.50. The molecule has 0 saturated carbocycles. The predicted molar refractivity (Wildman–Crippen MR) is 84.6 cm³/mol. The highest BCUT2D eigenvalue weighted by atomic mass is 32.2. The molecular weight excluding hydrogens is 302 g/mol. The normalized spacial score (nSPS) is 28.3. The number of nitrogens with zero attached hydrogens (tertiary/aromatic N) is 1. The molecule has 0 spiro atoms. The van der Waals surface area contributed by atoms with Crippen molar-refractivity contribution in [3.63, 3.8) is 0 Å². The molecule has 0 unspecified atom stereocenters. The summed E-state index contributed by atoms with van der Waals surface area (Å²) >= 11 is 1.28. The molecule has 116 valence electrons. The molecule has 3 N–H and O–H groups in total. The van der Waals surface area contributed by atoms with Crippen LogP contribution in [-0.4, -0.2) is 49.8 Å². The van der Waals surface area contributed by atoms with Crippen molar-refractivity contribution in [2.75, 3.05) is 5.75 Å². The van der Waals surface area contributed by atoms with Gasteiger partial charge in [0.1, 0.15) is 18.0 Å². The number of rotatable bonds is 3. The summed E-state index contributed by atoms with van der Waals surface area (Å²) in [7, 11) is 0. The zero-order valence-electron chi connectivity index (χ0n) is 11.7. The van der Waals surface area contributed by atoms with Crippen molar-refractivity contribution in [3.05, 3.63) is 48.7 Å². The van der Waals surface area contributed by atoms with Crippen molar-refractivity contribution in [2.45, 2.75) is 23.7 Å². The summed E-state index contributed by atoms with van der Waals surface area (Å²) in [4.78, 5) is 4.29. The Morgan fingerprint density at radius 2 is 1.91 bits per heavy atom. The number of aliphatic hydroxyl groups is 3. The Kier molecular flexibility index (Phi) is 4.63. The van der Waals surface area contributed by atoms with Gasteiger partial charge < -0.3 is 20.1 Å². The lowest BCUT2D eigenvalue weighted by Gasteiger charge is -2.34. The molecule has 2 heterocycles. The van der Waals surface area contributed by atoms with Crippen molar-refractivity contribution in [1.82, 2.24) is 4.98 Å². The van der Waals surface area contributed by atoms with Gasteiger partial charge in [0.05, 0.1) is 11.8 Å². The predicted octanol–water partition coefficient (Wildman–Crippen LogP) is 1.28. The van der Waals surface area contributed by atoms with E-state index in [1.54, 1.807) is 12.3 Å². The van der Waals surface area contributed by atoms with Gasteiger partial charge in [0.2, 0.25) is 0 Å². The van der Waals surface area contributed by atoms with Crippen molar-refractivity contribution in [1.29, 1.82) is 0 Å². The Morgan fingerprint density at radius 1 is 1.05 bits per heavy atom. The van der Waals surface area contributed by atoms with E-state index in [1.165, 1.54) is 11.8 Å². The maximum Gasteiger partial charge on any atom is 0.173 e. The first-order chi connectivity index (χ1) is 10.6. The zero-order valence-corrected chi connectivity index (χ0v) is 12.6. The minimum atomic E-state index is -1.19. The van der Waals surface area contributed by atoms with E-state index in [9.17, 15) is 15.3 Å². The highest BCUT2D eigenvalue weighted by Crippen LogP contribution is 2.30. The molecular formula is C16H17NO4S. The number of benzene rings is 1. The number of pyridine rings is 1. The molecule has 3 rings (SSSR count). The number of aromatic nitrogens is 1. The summed E-state index contributed by atoms with van der Waals surface area (Å²) in [5.41, 5.74) is 1.13. The van der Waals surface area contributed by atoms with Crippen LogP contribution >= 0.6 is 11.8 Å². The molecule has 0 aliphatic carbocycles. The van der Waals surface area contributed by atoms with Gasteiger partial charge in [-0.15, -0.1) is 11.8 Å². The molecule has 4 atom stereocenters. The average Bonchev–Trinajstić information content (AvgIpc) is 2.57. The molecule has 0 radical (unpaired) electrons. The molecule has 6 heteroatoms. The van der Waals surface area contributed by atoms with E-state index < -0.39 is 23.7 Å². The standard InChI is InChI=1S/C16H17NO4S/c18-13-9-22-16(15(20)14(13)19)21-11-5-3-4-10(8-11)12-6-1-2-7-17-12/h1-8,13-16,18-20H,9H2/t13-,14+,15-,16+/m1/s1. The molecule has 1 aliphatic heterocycles. The van der Waals surface area contributed by atoms with Crippen LogP contribution in [0.3, 0.4) is 0 Å². The van der Waals surface area contributed by atoms with Gasteiger partial charge in [-0.25, -0.2) is 0 Å². The molecule has 22 heavy (non-hydrogen) atoms. The molecule has 1 fully saturated rings. The Morgan fingerprint density at radius 3 is 2.68 bits per heavy atom. The molecule has 0 amide bonds. The van der Waals surface area contributed by atoms with Crippen molar-refractivity contribution >= 4 is 11.8 Å². The quantitative estimate of drug-likeness (QED) is 0.791. The van der Waals surface area contributed by atoms with E-state index in [0.717, 1.165) is 11.3 Å². The summed E-state index contributed by atoms with van der Waals surface area (Å²) < 4.78 is 5.76. The Hall–Kier alpha value is -1.60. The average molecular weight is 319 g/mol. The number of aliphatic hydroxyl groups excluding tert-OH is 3. The molecule has 2 aromatic rings. The van der Waals surface area contributed by atoms with Gasteiger partial charge in [0.25, 0.3) is 0 Å². The zero-order chi connectivity index (χ0) is 15.5. The van der Waals surface area contributed by atoms with E-state index >= 15 is 0 Å². The van der Waals surface area contributed by atoms with Gasteiger partial charge in [0, 0.05) is 17.5 Å². The van der Waals surface area contributed by atoms with Crippen molar-refractivity contribution in [2.24, 2.45) is 0 Å². The van der Waals surface area contributed by atoms with E-state index in [0.29, 0.717) is 11.5 Å². The van der Waals surface area contributed by atoms with Gasteiger partial charge in [-0.05, 0) is 24.3 Å². The summed E-state index contributed by atoms with van der Waals surface area (Å²) in [6.07, 6.45) is -1.53. The summed E-state index contributed by atoms with van der Waals surface area (Å²) in [5.74, 6) is 0.909. The molecule has 1 aliphatic rings. The van der Waals surface area contributed by atoms with E-state index in [-0.39, 0.29) is 0 Å². The highest BCUT2D eigenvalue weighted by Gasteiger charge is 2.38. The third-order valence-corrected chi connectivity index (χ3v) is 4.74. The second-order valence-electron chi connectivity index (χ2n) is 5.11. The molecule has 1 aromatic heterocycles. The summed E-state index contributed by atoms with van der Waals surface area (Å²) in [6, 6.07) is 13.1. The van der Waals surface area contributed by atoms with Crippen LogP contribution in [-0.2, 0) is 0 Å². The minimum absolute atomic E-state index is 0.322. The number of ether oxygens (including phenoxy) is 1. The van der Waals surface area contributed by atoms with Gasteiger partial charge in [-0.1, -0.05) is 18.2 Å². The van der Waals surface area contributed by atoms with Gasteiger partial charge in [0.15, 0.2) is 5.44 Å². The first-order valence-corrected chi connectivity index (χ1v) is 8.04. The van der Waals surface area contributed by atoms with Gasteiger partial charge >= 0.3 is 0 Å². The SMILES string of the molecule is O[C@@H]1[C@@H](O)[C@@H](Oc2cccc(-c3ccccn3)c2)SC[C@H]1O. The van der Waals surface area contributed by atoms with Gasteiger partial charge in [-0.3, -0.25) is 4.98 Å². The number of hydrogen-bond donors (Lipinski definition) is 3. The first kappa shape index (κ1) is 15.3. The fourth-order valence-corrected chi connectivity index (χ4v) is 3.40. The largest absolute Gasteiger partial charge is 0.477 e. The molecule has 1 saturated heterocycles. The lowest BCUT2D eigenvalue weighted by molar-refractivity contribution is -0.0786. The lowest BCUT2D eigenvalue weighted by atomic mass is 10.1.